The van der Waals surface area contributed by atoms with E-state index in [0.29, 0.717) is 43.7 Å². The van der Waals surface area contributed by atoms with Crippen molar-refractivity contribution in [3.8, 4) is 28.5 Å². The van der Waals surface area contributed by atoms with Gasteiger partial charge >= 0.3 is 0 Å². The van der Waals surface area contributed by atoms with Gasteiger partial charge in [0.1, 0.15) is 28.6 Å². The Labute approximate surface area is 272 Å². The van der Waals surface area contributed by atoms with Gasteiger partial charge in [0.2, 0.25) is 5.88 Å². The predicted molar refractivity (Wildman–Crippen MR) is 177 cm³/mol. The summed E-state index contributed by atoms with van der Waals surface area (Å²) < 4.78 is 20.4. The van der Waals surface area contributed by atoms with E-state index in [2.05, 4.69) is 41.4 Å². The molecule has 0 spiro atoms. The van der Waals surface area contributed by atoms with Crippen LogP contribution in [0.2, 0.25) is 0 Å². The Bertz CT molecular complexity index is 1710. The average molecular weight is 646 g/mol. The van der Waals surface area contributed by atoms with Gasteiger partial charge in [-0.05, 0) is 86.8 Å². The molecular formula is C35H40FN5O4S. The van der Waals surface area contributed by atoms with E-state index >= 15 is 0 Å². The summed E-state index contributed by atoms with van der Waals surface area (Å²) in [5.74, 6) is -0.700. The number of aromatic nitrogens is 2. The van der Waals surface area contributed by atoms with Crippen LogP contribution < -0.4 is 15.4 Å². The molecule has 11 heteroatoms. The summed E-state index contributed by atoms with van der Waals surface area (Å²) in [5.41, 5.74) is 3.03. The van der Waals surface area contributed by atoms with Crippen molar-refractivity contribution in [2.75, 3.05) is 14.1 Å². The molecule has 0 radical (unpaired) electrons. The van der Waals surface area contributed by atoms with E-state index in [1.54, 1.807) is 23.6 Å². The zero-order chi connectivity index (χ0) is 33.0. The minimum Gasteiger partial charge on any atom is -0.508 e. The molecule has 2 amide bonds. The summed E-state index contributed by atoms with van der Waals surface area (Å²) in [5, 5.41) is 18.8. The third-order valence-electron chi connectivity index (χ3n) is 7.77. The lowest BCUT2D eigenvalue weighted by Crippen LogP contribution is -2.44. The molecule has 2 aromatic carbocycles. The van der Waals surface area contributed by atoms with Crippen molar-refractivity contribution in [1.29, 1.82) is 0 Å². The molecule has 2 heterocycles. The van der Waals surface area contributed by atoms with Crippen LogP contribution in [0.4, 0.5) is 4.39 Å². The smallest absolute Gasteiger partial charge is 0.270 e. The molecule has 1 saturated carbocycles. The average Bonchev–Trinajstić information content (AvgIpc) is 3.51. The first kappa shape index (κ1) is 33.0. The molecule has 9 nitrogen and oxygen atoms in total. The van der Waals surface area contributed by atoms with Crippen LogP contribution in [0.3, 0.4) is 0 Å². The molecule has 0 atom stereocenters. The summed E-state index contributed by atoms with van der Waals surface area (Å²) in [6, 6.07) is 13.5. The van der Waals surface area contributed by atoms with Crippen molar-refractivity contribution >= 4 is 23.2 Å². The third kappa shape index (κ3) is 8.27. The summed E-state index contributed by atoms with van der Waals surface area (Å²) in [7, 11) is 3.91. The van der Waals surface area contributed by atoms with Gasteiger partial charge in [-0.15, -0.1) is 11.3 Å². The molecule has 0 bridgehead atoms. The van der Waals surface area contributed by atoms with Crippen molar-refractivity contribution in [2.45, 2.75) is 70.5 Å². The van der Waals surface area contributed by atoms with E-state index in [1.165, 1.54) is 11.3 Å². The molecule has 46 heavy (non-hydrogen) atoms. The number of hydrogen-bond donors (Lipinski definition) is 3. The highest BCUT2D eigenvalue weighted by Crippen LogP contribution is 2.33. The Balaban J connectivity index is 1.23. The number of pyridine rings is 1. The Hall–Kier alpha value is -4.35. The number of ether oxygens (including phenoxy) is 1. The number of halogens is 1. The standard InChI is InChI=1S/C35H40FN5O4S/c1-35(2,3)34-40-30(20-46-34)32(44)39-25-11-9-24(10-12-25)38-31(43)29-17-23(36)18-37-33(29)45-27-8-6-7-21(16-27)28-14-13-26(42)15-22(28)19-41(4)5/h6-8,13-18,20,24-25,42H,9-12,19H2,1-5H3,(H,38,43)(H,39,44)/t24-,25-. The maximum atomic E-state index is 14.3. The monoisotopic (exact) mass is 645 g/mol. The van der Waals surface area contributed by atoms with E-state index in [1.807, 2.05) is 43.3 Å². The molecule has 0 aliphatic heterocycles. The topological polar surface area (TPSA) is 117 Å². The molecule has 0 unspecified atom stereocenters. The number of benzene rings is 2. The van der Waals surface area contributed by atoms with Gasteiger partial charge in [0.15, 0.2) is 0 Å². The fourth-order valence-corrected chi connectivity index (χ4v) is 6.36. The van der Waals surface area contributed by atoms with E-state index in [4.69, 9.17) is 4.74 Å². The molecule has 1 aliphatic carbocycles. The van der Waals surface area contributed by atoms with Crippen LogP contribution in [0.1, 0.15) is 77.9 Å². The summed E-state index contributed by atoms with van der Waals surface area (Å²) in [4.78, 5) is 36.8. The number of amides is 2. The quantitative estimate of drug-likeness (QED) is 0.186. The maximum absolute atomic E-state index is 14.3. The summed E-state index contributed by atoms with van der Waals surface area (Å²) >= 11 is 1.49. The molecule has 1 fully saturated rings. The predicted octanol–water partition coefficient (Wildman–Crippen LogP) is 6.67. The van der Waals surface area contributed by atoms with E-state index in [9.17, 15) is 19.1 Å². The van der Waals surface area contributed by atoms with Crippen LogP contribution in [0.5, 0.6) is 17.4 Å². The zero-order valence-electron chi connectivity index (χ0n) is 26.8. The Morgan fingerprint density at radius 2 is 1.72 bits per heavy atom. The van der Waals surface area contributed by atoms with Crippen molar-refractivity contribution in [3.63, 3.8) is 0 Å². The lowest BCUT2D eigenvalue weighted by molar-refractivity contribution is 0.0887. The van der Waals surface area contributed by atoms with Crippen molar-refractivity contribution in [3.05, 3.63) is 87.8 Å². The van der Waals surface area contributed by atoms with Gasteiger partial charge in [0.05, 0.1) is 11.2 Å². The molecule has 5 rings (SSSR count). The fraction of sp³-hybridized carbons (Fsp3) is 0.371. The van der Waals surface area contributed by atoms with Crippen molar-refractivity contribution < 1.29 is 23.8 Å². The largest absolute Gasteiger partial charge is 0.508 e. The highest BCUT2D eigenvalue weighted by atomic mass is 32.1. The zero-order valence-corrected chi connectivity index (χ0v) is 27.6. The third-order valence-corrected chi connectivity index (χ3v) is 9.04. The number of carbonyl (C=O) groups excluding carboxylic acids is 2. The Morgan fingerprint density at radius 3 is 2.37 bits per heavy atom. The highest BCUT2D eigenvalue weighted by molar-refractivity contribution is 7.10. The van der Waals surface area contributed by atoms with Gasteiger partial charge in [-0.25, -0.2) is 14.4 Å². The second-order valence-corrected chi connectivity index (χ2v) is 13.9. The van der Waals surface area contributed by atoms with Gasteiger partial charge in [-0.1, -0.05) is 39.0 Å². The van der Waals surface area contributed by atoms with Gasteiger partial charge < -0.3 is 25.4 Å². The lowest BCUT2D eigenvalue weighted by Gasteiger charge is -2.29. The number of aromatic hydroxyl groups is 1. The number of hydrogen-bond acceptors (Lipinski definition) is 8. The first-order valence-electron chi connectivity index (χ1n) is 15.3. The molecule has 3 N–H and O–H groups in total. The van der Waals surface area contributed by atoms with Gasteiger partial charge in [-0.2, -0.15) is 0 Å². The SMILES string of the molecule is CN(C)Cc1cc(O)ccc1-c1cccc(Oc2ncc(F)cc2C(=O)N[C@H]2CC[C@H](NC(=O)c3csc(C(C)(C)C)n3)CC2)c1. The number of rotatable bonds is 9. The Kier molecular flexibility index (Phi) is 10.0. The van der Waals surface area contributed by atoms with Crippen LogP contribution in [-0.2, 0) is 12.0 Å². The van der Waals surface area contributed by atoms with Crippen LogP contribution in [0.15, 0.2) is 60.1 Å². The van der Waals surface area contributed by atoms with Crippen LogP contribution in [0, 0.1) is 5.82 Å². The van der Waals surface area contributed by atoms with Crippen LogP contribution in [-0.4, -0.2) is 58.0 Å². The number of phenolic OH excluding ortho intramolecular Hbond substituents is 1. The number of nitrogens with zero attached hydrogens (tertiary/aromatic N) is 3. The second kappa shape index (κ2) is 14.0. The highest BCUT2D eigenvalue weighted by Gasteiger charge is 2.27. The fourth-order valence-electron chi connectivity index (χ4n) is 5.47. The molecule has 2 aromatic heterocycles. The summed E-state index contributed by atoms with van der Waals surface area (Å²) in [6.45, 7) is 6.82. The maximum Gasteiger partial charge on any atom is 0.270 e. The number of phenols is 1. The van der Waals surface area contributed by atoms with Gasteiger partial charge in [-0.3, -0.25) is 9.59 Å². The van der Waals surface area contributed by atoms with E-state index < -0.39 is 11.7 Å². The molecule has 4 aromatic rings. The molecule has 0 saturated heterocycles. The van der Waals surface area contributed by atoms with Crippen LogP contribution >= 0.6 is 11.3 Å². The number of nitrogens with one attached hydrogen (secondary N) is 2. The van der Waals surface area contributed by atoms with Crippen molar-refractivity contribution in [2.24, 2.45) is 0 Å². The second-order valence-electron chi connectivity index (χ2n) is 13.0. The molecule has 242 valence electrons. The first-order valence-corrected chi connectivity index (χ1v) is 16.2. The molecule has 1 aliphatic rings. The lowest BCUT2D eigenvalue weighted by atomic mass is 9.91. The summed E-state index contributed by atoms with van der Waals surface area (Å²) in [6.07, 6.45) is 3.72. The van der Waals surface area contributed by atoms with E-state index in [0.717, 1.165) is 34.0 Å². The number of thiazole rings is 1. The minimum absolute atomic E-state index is 0.00283. The van der Waals surface area contributed by atoms with Gasteiger partial charge in [0, 0.05) is 29.4 Å². The van der Waals surface area contributed by atoms with Crippen molar-refractivity contribution in [1.82, 2.24) is 25.5 Å². The van der Waals surface area contributed by atoms with Crippen LogP contribution in [0.25, 0.3) is 11.1 Å². The normalized spacial score (nSPS) is 16.7. The molecular weight excluding hydrogens is 605 g/mol. The minimum atomic E-state index is -0.647. The number of carbonyl (C=O) groups is 2. The van der Waals surface area contributed by atoms with Gasteiger partial charge in [0.25, 0.3) is 11.8 Å². The Morgan fingerprint density at radius 1 is 1.02 bits per heavy atom. The first-order chi connectivity index (χ1) is 21.9. The van der Waals surface area contributed by atoms with E-state index in [-0.39, 0.29) is 40.6 Å².